The van der Waals surface area contributed by atoms with Crippen molar-refractivity contribution in [1.82, 2.24) is 0 Å². The molecule has 0 heterocycles. The van der Waals surface area contributed by atoms with E-state index in [-0.39, 0.29) is 52.0 Å². The quantitative estimate of drug-likeness (QED) is 0.312. The first-order valence-corrected chi connectivity index (χ1v) is 8.71. The van der Waals surface area contributed by atoms with Crippen molar-refractivity contribution >= 4 is 19.3 Å². The molecule has 0 unspecified atom stereocenters. The highest BCUT2D eigenvalue weighted by atomic mass is 31.2. The SMILES string of the molecule is CCOC(=O)COCCP(=O)(O)CCOCC(=O)OCC. The Morgan fingerprint density at radius 3 is 1.62 bits per heavy atom. The Morgan fingerprint density at radius 2 is 1.29 bits per heavy atom. The van der Waals surface area contributed by atoms with Gasteiger partial charge in [-0.2, -0.15) is 0 Å². The van der Waals surface area contributed by atoms with Gasteiger partial charge in [0.05, 0.1) is 26.4 Å². The van der Waals surface area contributed by atoms with Gasteiger partial charge in [-0.05, 0) is 13.8 Å². The van der Waals surface area contributed by atoms with Crippen molar-refractivity contribution in [1.29, 1.82) is 0 Å². The molecule has 21 heavy (non-hydrogen) atoms. The maximum absolute atomic E-state index is 11.7. The molecule has 0 saturated carbocycles. The second-order valence-corrected chi connectivity index (χ2v) is 6.60. The van der Waals surface area contributed by atoms with Crippen LogP contribution in [0.25, 0.3) is 0 Å². The van der Waals surface area contributed by atoms with E-state index >= 15 is 0 Å². The topological polar surface area (TPSA) is 108 Å². The lowest BCUT2D eigenvalue weighted by Gasteiger charge is -2.11. The van der Waals surface area contributed by atoms with Crippen LogP contribution in [0.15, 0.2) is 0 Å². The molecule has 0 aliphatic heterocycles. The third-order valence-electron chi connectivity index (χ3n) is 2.22. The molecule has 0 fully saturated rings. The summed E-state index contributed by atoms with van der Waals surface area (Å²) < 4.78 is 30.9. The fourth-order valence-electron chi connectivity index (χ4n) is 1.24. The van der Waals surface area contributed by atoms with Crippen molar-refractivity contribution in [3.63, 3.8) is 0 Å². The molecular weight excluding hydrogens is 303 g/mol. The molecule has 0 rings (SSSR count). The molecule has 9 heteroatoms. The molecule has 124 valence electrons. The summed E-state index contributed by atoms with van der Waals surface area (Å²) in [6.45, 7) is 3.35. The van der Waals surface area contributed by atoms with E-state index in [9.17, 15) is 19.0 Å². The minimum atomic E-state index is -3.40. The third kappa shape index (κ3) is 12.5. The van der Waals surface area contributed by atoms with Crippen molar-refractivity contribution in [2.75, 3.05) is 52.0 Å². The van der Waals surface area contributed by atoms with Crippen LogP contribution in [0.4, 0.5) is 0 Å². The lowest BCUT2D eigenvalue weighted by molar-refractivity contribution is -0.148. The van der Waals surface area contributed by atoms with Crippen LogP contribution in [-0.4, -0.2) is 68.8 Å². The first-order chi connectivity index (χ1) is 9.91. The van der Waals surface area contributed by atoms with Crippen molar-refractivity contribution in [2.45, 2.75) is 13.8 Å². The largest absolute Gasteiger partial charge is 0.464 e. The number of ether oxygens (including phenoxy) is 4. The summed E-state index contributed by atoms with van der Waals surface area (Å²) in [5.41, 5.74) is 0. The maximum atomic E-state index is 11.7. The van der Waals surface area contributed by atoms with Gasteiger partial charge in [0.1, 0.15) is 13.2 Å². The van der Waals surface area contributed by atoms with E-state index in [1.165, 1.54) is 0 Å². The summed E-state index contributed by atoms with van der Waals surface area (Å²) in [5, 5.41) is 0. The Bertz CT molecular complexity index is 327. The van der Waals surface area contributed by atoms with Crippen LogP contribution < -0.4 is 0 Å². The van der Waals surface area contributed by atoms with Gasteiger partial charge in [-0.15, -0.1) is 0 Å². The van der Waals surface area contributed by atoms with E-state index in [1.54, 1.807) is 13.8 Å². The van der Waals surface area contributed by atoms with Crippen molar-refractivity contribution in [3.8, 4) is 0 Å². The van der Waals surface area contributed by atoms with E-state index in [0.717, 1.165) is 0 Å². The zero-order chi connectivity index (χ0) is 16.1. The third-order valence-corrected chi connectivity index (χ3v) is 3.98. The van der Waals surface area contributed by atoms with E-state index < -0.39 is 19.3 Å². The Kier molecular flexibility index (Phi) is 11.2. The molecule has 0 spiro atoms. The molecule has 0 bridgehead atoms. The highest BCUT2D eigenvalue weighted by Gasteiger charge is 2.18. The van der Waals surface area contributed by atoms with Crippen LogP contribution in [0.2, 0.25) is 0 Å². The molecule has 0 amide bonds. The van der Waals surface area contributed by atoms with Crippen LogP contribution >= 0.6 is 7.37 Å². The molecule has 0 aromatic rings. The zero-order valence-electron chi connectivity index (χ0n) is 12.4. The van der Waals surface area contributed by atoms with Crippen LogP contribution in [0.3, 0.4) is 0 Å². The molecule has 0 aliphatic rings. The molecule has 0 aliphatic carbocycles. The Labute approximate surface area is 124 Å². The summed E-state index contributed by atoms with van der Waals surface area (Å²) in [6, 6.07) is 0. The van der Waals surface area contributed by atoms with Gasteiger partial charge in [0, 0.05) is 12.3 Å². The number of carbonyl (C=O) groups is 2. The zero-order valence-corrected chi connectivity index (χ0v) is 13.3. The second-order valence-electron chi connectivity index (χ2n) is 4.01. The average Bonchev–Trinajstić information content (AvgIpc) is 2.41. The van der Waals surface area contributed by atoms with Crippen molar-refractivity contribution in [2.24, 2.45) is 0 Å². The second kappa shape index (κ2) is 11.7. The number of hydrogen-bond acceptors (Lipinski definition) is 7. The number of rotatable bonds is 12. The average molecular weight is 326 g/mol. The van der Waals surface area contributed by atoms with Gasteiger partial charge in [-0.25, -0.2) is 9.59 Å². The van der Waals surface area contributed by atoms with Crippen LogP contribution in [-0.2, 0) is 33.1 Å². The first-order valence-electron chi connectivity index (χ1n) is 6.68. The molecule has 0 saturated heterocycles. The molecule has 0 atom stereocenters. The van der Waals surface area contributed by atoms with Crippen LogP contribution in [0.5, 0.6) is 0 Å². The van der Waals surface area contributed by atoms with Crippen LogP contribution in [0, 0.1) is 0 Å². The van der Waals surface area contributed by atoms with Crippen LogP contribution in [0.1, 0.15) is 13.8 Å². The highest BCUT2D eigenvalue weighted by Crippen LogP contribution is 2.39. The summed E-state index contributed by atoms with van der Waals surface area (Å²) in [7, 11) is -3.40. The van der Waals surface area contributed by atoms with Gasteiger partial charge in [-0.3, -0.25) is 4.57 Å². The van der Waals surface area contributed by atoms with Gasteiger partial charge >= 0.3 is 11.9 Å². The molecule has 0 radical (unpaired) electrons. The van der Waals surface area contributed by atoms with Gasteiger partial charge < -0.3 is 23.8 Å². The normalized spacial score (nSPS) is 11.2. The van der Waals surface area contributed by atoms with Crippen molar-refractivity contribution in [3.05, 3.63) is 0 Å². The van der Waals surface area contributed by atoms with E-state index in [4.69, 9.17) is 9.47 Å². The van der Waals surface area contributed by atoms with E-state index in [0.29, 0.717) is 0 Å². The first kappa shape index (κ1) is 20.1. The molecule has 0 aromatic carbocycles. The molecule has 1 N–H and O–H groups in total. The van der Waals surface area contributed by atoms with Gasteiger partial charge in [0.25, 0.3) is 0 Å². The predicted octanol–water partition coefficient (Wildman–Crippen LogP) is 0.416. The standard InChI is InChI=1S/C12H23O8P/c1-3-19-11(13)9-17-5-7-21(15,16)8-6-18-10-12(14)20-4-2/h3-10H2,1-2H3,(H,15,16). The summed E-state index contributed by atoms with van der Waals surface area (Å²) in [5.74, 6) is -1.02. The lowest BCUT2D eigenvalue weighted by atomic mass is 10.7. The fraction of sp³-hybridized carbons (Fsp3) is 0.833. The van der Waals surface area contributed by atoms with Crippen molar-refractivity contribution < 1.29 is 38.0 Å². The minimum absolute atomic E-state index is 0.0233. The lowest BCUT2D eigenvalue weighted by Crippen LogP contribution is -2.16. The van der Waals surface area contributed by atoms with E-state index in [1.807, 2.05) is 0 Å². The van der Waals surface area contributed by atoms with E-state index in [2.05, 4.69) is 9.47 Å². The molecule has 8 nitrogen and oxygen atoms in total. The summed E-state index contributed by atoms with van der Waals surface area (Å²) >= 11 is 0. The smallest absolute Gasteiger partial charge is 0.332 e. The number of esters is 2. The van der Waals surface area contributed by atoms with Gasteiger partial charge in [-0.1, -0.05) is 0 Å². The van der Waals surface area contributed by atoms with Gasteiger partial charge in [0.2, 0.25) is 7.37 Å². The predicted molar refractivity (Wildman–Crippen MR) is 74.5 cm³/mol. The Hall–Kier alpha value is -0.950. The highest BCUT2D eigenvalue weighted by molar-refractivity contribution is 7.58. The monoisotopic (exact) mass is 326 g/mol. The maximum Gasteiger partial charge on any atom is 0.332 e. The summed E-state index contributed by atoms with van der Waals surface area (Å²) in [6.07, 6.45) is -0.176. The minimum Gasteiger partial charge on any atom is -0.464 e. The molecular formula is C12H23O8P. The summed E-state index contributed by atoms with van der Waals surface area (Å²) in [4.78, 5) is 31.5. The van der Waals surface area contributed by atoms with Gasteiger partial charge in [0.15, 0.2) is 0 Å². The molecule has 0 aromatic heterocycles. The number of hydrogen-bond donors (Lipinski definition) is 1. The number of carbonyl (C=O) groups excluding carboxylic acids is 2. The Morgan fingerprint density at radius 1 is 0.905 bits per heavy atom. The Balaban J connectivity index is 3.67. The fourth-order valence-corrected chi connectivity index (χ4v) is 2.29.